The van der Waals surface area contributed by atoms with Crippen LogP contribution in [0.3, 0.4) is 0 Å². The molecule has 0 spiro atoms. The fourth-order valence-corrected chi connectivity index (χ4v) is 2.45. The maximum atomic E-state index is 12.4. The van der Waals surface area contributed by atoms with Gasteiger partial charge in [-0.3, -0.25) is 15.6 Å². The van der Waals surface area contributed by atoms with Gasteiger partial charge in [0, 0.05) is 19.3 Å². The summed E-state index contributed by atoms with van der Waals surface area (Å²) in [5, 5.41) is 0. The van der Waals surface area contributed by atoms with Gasteiger partial charge in [0.2, 0.25) is 0 Å². The van der Waals surface area contributed by atoms with E-state index in [2.05, 4.69) is 17.3 Å². The molecule has 1 aromatic rings. The quantitative estimate of drug-likeness (QED) is 0.630. The summed E-state index contributed by atoms with van der Waals surface area (Å²) < 4.78 is 0. The lowest BCUT2D eigenvalue weighted by molar-refractivity contribution is 0.0672. The Morgan fingerprint density at radius 3 is 3.22 bits per heavy atom. The Hall–Kier alpha value is -1.62. The molecule has 1 unspecified atom stereocenters. The molecule has 0 saturated carbocycles. The van der Waals surface area contributed by atoms with Crippen molar-refractivity contribution in [2.75, 3.05) is 18.5 Å². The molecule has 1 amide bonds. The number of hydrazine groups is 1. The summed E-state index contributed by atoms with van der Waals surface area (Å²) in [5.41, 5.74) is 3.72. The van der Waals surface area contributed by atoms with E-state index in [9.17, 15) is 4.79 Å². The van der Waals surface area contributed by atoms with Crippen molar-refractivity contribution in [2.45, 2.75) is 26.2 Å². The number of nitrogen functional groups attached to an aromatic ring is 1. The van der Waals surface area contributed by atoms with Gasteiger partial charge in [-0.2, -0.15) is 0 Å². The molecule has 2 rings (SSSR count). The average molecular weight is 248 g/mol. The molecule has 3 N–H and O–H groups in total. The summed E-state index contributed by atoms with van der Waals surface area (Å²) in [6.07, 6.45) is 6.63. The van der Waals surface area contributed by atoms with Crippen LogP contribution in [0.1, 0.15) is 36.5 Å². The number of hydrogen-bond donors (Lipinski definition) is 2. The predicted octanol–water partition coefficient (Wildman–Crippen LogP) is 1.63. The van der Waals surface area contributed by atoms with E-state index in [1.807, 2.05) is 4.90 Å². The number of rotatable bonds is 3. The van der Waals surface area contributed by atoms with E-state index in [1.54, 1.807) is 18.5 Å². The Labute approximate surface area is 107 Å². The number of nitrogens with two attached hydrogens (primary N) is 1. The third-order valence-electron chi connectivity index (χ3n) is 3.59. The molecular weight excluding hydrogens is 228 g/mol. The first-order chi connectivity index (χ1) is 8.76. The number of amides is 1. The van der Waals surface area contributed by atoms with Crippen molar-refractivity contribution >= 4 is 11.6 Å². The minimum absolute atomic E-state index is 0.0449. The van der Waals surface area contributed by atoms with Gasteiger partial charge < -0.3 is 10.3 Å². The molecule has 5 nitrogen and oxygen atoms in total. The topological polar surface area (TPSA) is 71.2 Å². The van der Waals surface area contributed by atoms with Crippen LogP contribution < -0.4 is 11.3 Å². The third-order valence-corrected chi connectivity index (χ3v) is 3.59. The van der Waals surface area contributed by atoms with E-state index in [-0.39, 0.29) is 5.91 Å². The van der Waals surface area contributed by atoms with E-state index >= 15 is 0 Å². The van der Waals surface area contributed by atoms with Gasteiger partial charge in [-0.15, -0.1) is 0 Å². The predicted molar refractivity (Wildman–Crippen MR) is 71.0 cm³/mol. The Kier molecular flexibility index (Phi) is 4.15. The molecule has 1 saturated heterocycles. The van der Waals surface area contributed by atoms with Crippen LogP contribution >= 0.6 is 0 Å². The largest absolute Gasteiger partial charge is 0.338 e. The zero-order chi connectivity index (χ0) is 13.0. The highest BCUT2D eigenvalue weighted by Gasteiger charge is 2.24. The molecule has 2 heterocycles. The van der Waals surface area contributed by atoms with Gasteiger partial charge in [0.1, 0.15) is 0 Å². The van der Waals surface area contributed by atoms with Crippen LogP contribution in [-0.4, -0.2) is 28.9 Å². The molecule has 98 valence electrons. The zero-order valence-electron chi connectivity index (χ0n) is 10.7. The van der Waals surface area contributed by atoms with Gasteiger partial charge in [0.05, 0.1) is 17.4 Å². The molecular formula is C13H20N4O. The van der Waals surface area contributed by atoms with Crippen LogP contribution in [0.25, 0.3) is 0 Å². The van der Waals surface area contributed by atoms with Crippen LogP contribution in [0.2, 0.25) is 0 Å². The first-order valence-electron chi connectivity index (χ1n) is 6.46. The second-order valence-electron chi connectivity index (χ2n) is 4.73. The van der Waals surface area contributed by atoms with Crippen LogP contribution in [0.5, 0.6) is 0 Å². The summed E-state index contributed by atoms with van der Waals surface area (Å²) in [4.78, 5) is 18.3. The van der Waals surface area contributed by atoms with Crippen molar-refractivity contribution in [1.82, 2.24) is 9.88 Å². The Morgan fingerprint density at radius 2 is 2.50 bits per heavy atom. The number of carbonyl (C=O) groups is 1. The number of aromatic nitrogens is 1. The number of carbonyl (C=O) groups excluding carboxylic acids is 1. The zero-order valence-corrected chi connectivity index (χ0v) is 10.7. The van der Waals surface area contributed by atoms with E-state index in [0.29, 0.717) is 17.2 Å². The van der Waals surface area contributed by atoms with Crippen molar-refractivity contribution in [3.63, 3.8) is 0 Å². The van der Waals surface area contributed by atoms with Gasteiger partial charge in [-0.1, -0.05) is 13.3 Å². The van der Waals surface area contributed by atoms with Crippen molar-refractivity contribution in [1.29, 1.82) is 0 Å². The van der Waals surface area contributed by atoms with Crippen molar-refractivity contribution in [3.8, 4) is 0 Å². The standard InChI is InChI=1S/C13H20N4O/c1-2-10-4-3-7-17(9-10)13(18)11-5-6-15-8-12(11)16-14/h5-6,8,10,16H,2-4,7,9,14H2,1H3. The van der Waals surface area contributed by atoms with Gasteiger partial charge in [-0.05, 0) is 24.8 Å². The minimum Gasteiger partial charge on any atom is -0.338 e. The molecule has 1 atom stereocenters. The molecule has 1 aliphatic heterocycles. The fourth-order valence-electron chi connectivity index (χ4n) is 2.45. The van der Waals surface area contributed by atoms with Gasteiger partial charge in [0.25, 0.3) is 5.91 Å². The maximum absolute atomic E-state index is 12.4. The Bertz CT molecular complexity index is 421. The number of anilines is 1. The molecule has 1 fully saturated rings. The van der Waals surface area contributed by atoms with E-state index < -0.39 is 0 Å². The molecule has 0 bridgehead atoms. The number of pyridine rings is 1. The highest BCUT2D eigenvalue weighted by atomic mass is 16.2. The van der Waals surface area contributed by atoms with Crippen molar-refractivity contribution in [2.24, 2.45) is 11.8 Å². The summed E-state index contributed by atoms with van der Waals surface area (Å²) in [6.45, 7) is 3.86. The van der Waals surface area contributed by atoms with E-state index in [1.165, 1.54) is 6.42 Å². The second-order valence-corrected chi connectivity index (χ2v) is 4.73. The van der Waals surface area contributed by atoms with Gasteiger partial charge in [-0.25, -0.2) is 0 Å². The third kappa shape index (κ3) is 2.61. The first kappa shape index (κ1) is 12.8. The smallest absolute Gasteiger partial charge is 0.256 e. The Balaban J connectivity index is 2.15. The molecule has 5 heteroatoms. The van der Waals surface area contributed by atoms with E-state index in [4.69, 9.17) is 5.84 Å². The molecule has 0 aliphatic carbocycles. The SMILES string of the molecule is CCC1CCCN(C(=O)c2ccncc2NN)C1. The summed E-state index contributed by atoms with van der Waals surface area (Å²) in [5.74, 6) is 6.08. The molecule has 0 radical (unpaired) electrons. The molecule has 1 aliphatic rings. The maximum Gasteiger partial charge on any atom is 0.256 e. The molecule has 1 aromatic heterocycles. The lowest BCUT2D eigenvalue weighted by atomic mass is 9.95. The van der Waals surface area contributed by atoms with Gasteiger partial charge >= 0.3 is 0 Å². The number of likely N-dealkylation sites (tertiary alicyclic amines) is 1. The van der Waals surface area contributed by atoms with Crippen LogP contribution in [-0.2, 0) is 0 Å². The summed E-state index contributed by atoms with van der Waals surface area (Å²) in [6, 6.07) is 1.72. The van der Waals surface area contributed by atoms with Crippen molar-refractivity contribution in [3.05, 3.63) is 24.0 Å². The van der Waals surface area contributed by atoms with Crippen molar-refractivity contribution < 1.29 is 4.79 Å². The first-order valence-corrected chi connectivity index (χ1v) is 6.46. The van der Waals surface area contributed by atoms with Gasteiger partial charge in [0.15, 0.2) is 0 Å². The second kappa shape index (κ2) is 5.82. The van der Waals surface area contributed by atoms with Crippen LogP contribution in [0, 0.1) is 5.92 Å². The molecule has 18 heavy (non-hydrogen) atoms. The average Bonchev–Trinajstić information content (AvgIpc) is 2.46. The summed E-state index contributed by atoms with van der Waals surface area (Å²) >= 11 is 0. The normalized spacial score (nSPS) is 19.7. The highest BCUT2D eigenvalue weighted by molar-refractivity contribution is 5.99. The Morgan fingerprint density at radius 1 is 1.67 bits per heavy atom. The number of hydrogen-bond acceptors (Lipinski definition) is 4. The highest BCUT2D eigenvalue weighted by Crippen LogP contribution is 2.22. The monoisotopic (exact) mass is 248 g/mol. The fraction of sp³-hybridized carbons (Fsp3) is 0.538. The van der Waals surface area contributed by atoms with Crippen LogP contribution in [0.4, 0.5) is 5.69 Å². The minimum atomic E-state index is 0.0449. The molecule has 0 aromatic carbocycles. The van der Waals surface area contributed by atoms with Crippen LogP contribution in [0.15, 0.2) is 18.5 Å². The number of nitrogens with one attached hydrogen (secondary N) is 1. The lowest BCUT2D eigenvalue weighted by Crippen LogP contribution is -2.40. The summed E-state index contributed by atoms with van der Waals surface area (Å²) in [7, 11) is 0. The van der Waals surface area contributed by atoms with E-state index in [0.717, 1.165) is 25.9 Å². The lowest BCUT2D eigenvalue weighted by Gasteiger charge is -2.32. The number of piperidine rings is 1. The number of nitrogens with zero attached hydrogens (tertiary/aromatic N) is 2.